The molecule has 1 aliphatic rings. The average molecular weight is 440 g/mol. The van der Waals surface area contributed by atoms with Gasteiger partial charge in [-0.3, -0.25) is 9.78 Å². The summed E-state index contributed by atoms with van der Waals surface area (Å²) in [6.45, 7) is 4.08. The molecule has 5 rings (SSSR count). The Balaban J connectivity index is 1.75. The first kappa shape index (κ1) is 21.3. The molecule has 0 spiro atoms. The smallest absolute Gasteiger partial charge is 0.270 e. The lowest BCUT2D eigenvalue weighted by atomic mass is 9.89. The van der Waals surface area contributed by atoms with Crippen molar-refractivity contribution in [2.45, 2.75) is 45.6 Å². The van der Waals surface area contributed by atoms with Crippen LogP contribution in [-0.4, -0.2) is 21.9 Å². The number of hydrogen-bond acceptors (Lipinski definition) is 3. The van der Waals surface area contributed by atoms with Crippen molar-refractivity contribution in [2.75, 3.05) is 0 Å². The van der Waals surface area contributed by atoms with Gasteiger partial charge in [0.1, 0.15) is 11.5 Å². The number of aryl methyl sites for hydroxylation is 2. The lowest BCUT2D eigenvalue weighted by molar-refractivity contribution is 0.0933. The fraction of sp³-hybridized carbons (Fsp3) is 0.250. The molecule has 5 heteroatoms. The van der Waals surface area contributed by atoms with Gasteiger partial charge in [-0.2, -0.15) is 0 Å². The SMILES string of the molecule is Cc1cc2nc(C(=O)NC3CCCC3)cc(-c3ccccc3F)c2c(C)c1-c1ccncc1. The van der Waals surface area contributed by atoms with Gasteiger partial charge >= 0.3 is 0 Å². The number of halogens is 1. The Hall–Kier alpha value is -3.60. The van der Waals surface area contributed by atoms with Crippen LogP contribution in [0.4, 0.5) is 4.39 Å². The number of pyridine rings is 2. The van der Waals surface area contributed by atoms with E-state index >= 15 is 0 Å². The summed E-state index contributed by atoms with van der Waals surface area (Å²) in [6, 6.07) is 14.6. The van der Waals surface area contributed by atoms with E-state index in [1.807, 2.05) is 38.1 Å². The molecule has 4 nitrogen and oxygen atoms in total. The van der Waals surface area contributed by atoms with Crippen LogP contribution >= 0.6 is 0 Å². The van der Waals surface area contributed by atoms with E-state index in [0.29, 0.717) is 22.3 Å². The number of hydrogen-bond donors (Lipinski definition) is 1. The highest BCUT2D eigenvalue weighted by Gasteiger charge is 2.22. The molecule has 1 N–H and O–H groups in total. The van der Waals surface area contributed by atoms with Crippen molar-refractivity contribution in [1.29, 1.82) is 0 Å². The summed E-state index contributed by atoms with van der Waals surface area (Å²) in [4.78, 5) is 22.0. The Kier molecular flexibility index (Phi) is 5.63. The minimum Gasteiger partial charge on any atom is -0.348 e. The molecule has 33 heavy (non-hydrogen) atoms. The zero-order valence-corrected chi connectivity index (χ0v) is 18.9. The Labute approximate surface area is 192 Å². The zero-order valence-electron chi connectivity index (χ0n) is 18.9. The van der Waals surface area contributed by atoms with Crippen LogP contribution in [0.5, 0.6) is 0 Å². The van der Waals surface area contributed by atoms with Crippen molar-refractivity contribution in [3.8, 4) is 22.3 Å². The predicted molar refractivity (Wildman–Crippen MR) is 130 cm³/mol. The number of carbonyl (C=O) groups is 1. The maximum Gasteiger partial charge on any atom is 0.270 e. The first-order valence-corrected chi connectivity index (χ1v) is 11.4. The number of aromatic nitrogens is 2. The third-order valence-corrected chi connectivity index (χ3v) is 6.60. The predicted octanol–water partition coefficient (Wildman–Crippen LogP) is 6.39. The molecule has 1 aliphatic carbocycles. The molecular formula is C28H26FN3O. The van der Waals surface area contributed by atoms with Crippen molar-refractivity contribution in [3.63, 3.8) is 0 Å². The minimum absolute atomic E-state index is 0.185. The monoisotopic (exact) mass is 439 g/mol. The maximum absolute atomic E-state index is 15.0. The summed E-state index contributed by atoms with van der Waals surface area (Å²) >= 11 is 0. The molecule has 1 saturated carbocycles. The van der Waals surface area contributed by atoms with Gasteiger partial charge in [-0.05, 0) is 84.8 Å². The molecule has 0 aliphatic heterocycles. The number of amides is 1. The maximum atomic E-state index is 15.0. The van der Waals surface area contributed by atoms with Gasteiger partial charge in [0.2, 0.25) is 0 Å². The molecule has 166 valence electrons. The first-order chi connectivity index (χ1) is 16.0. The van der Waals surface area contributed by atoms with Crippen LogP contribution in [0.1, 0.15) is 47.3 Å². The molecule has 0 saturated heterocycles. The van der Waals surface area contributed by atoms with Gasteiger partial charge in [-0.15, -0.1) is 0 Å². The highest BCUT2D eigenvalue weighted by atomic mass is 19.1. The second-order valence-electron chi connectivity index (χ2n) is 8.81. The fourth-order valence-electron chi connectivity index (χ4n) is 5.06. The number of nitrogens with zero attached hydrogens (tertiary/aromatic N) is 2. The number of fused-ring (bicyclic) bond motifs is 1. The van der Waals surface area contributed by atoms with Gasteiger partial charge in [-0.1, -0.05) is 31.0 Å². The molecule has 2 aromatic carbocycles. The van der Waals surface area contributed by atoms with Gasteiger partial charge in [0.15, 0.2) is 0 Å². The van der Waals surface area contributed by atoms with E-state index in [1.165, 1.54) is 6.07 Å². The Bertz CT molecular complexity index is 1340. The summed E-state index contributed by atoms with van der Waals surface area (Å²) in [7, 11) is 0. The van der Waals surface area contributed by atoms with Gasteiger partial charge < -0.3 is 5.32 Å². The van der Waals surface area contributed by atoms with Crippen molar-refractivity contribution < 1.29 is 9.18 Å². The summed E-state index contributed by atoms with van der Waals surface area (Å²) in [5, 5.41) is 3.97. The summed E-state index contributed by atoms with van der Waals surface area (Å²) in [5.41, 5.74) is 6.34. The molecule has 0 atom stereocenters. The van der Waals surface area contributed by atoms with Gasteiger partial charge in [0.05, 0.1) is 5.52 Å². The topological polar surface area (TPSA) is 54.9 Å². The number of rotatable bonds is 4. The highest BCUT2D eigenvalue weighted by Crippen LogP contribution is 2.38. The van der Waals surface area contributed by atoms with E-state index in [0.717, 1.165) is 53.3 Å². The minimum atomic E-state index is -0.322. The van der Waals surface area contributed by atoms with Crippen molar-refractivity contribution in [2.24, 2.45) is 0 Å². The van der Waals surface area contributed by atoms with Crippen LogP contribution < -0.4 is 5.32 Å². The fourth-order valence-corrected chi connectivity index (χ4v) is 5.06. The van der Waals surface area contributed by atoms with Gasteiger partial charge in [0.25, 0.3) is 5.91 Å². The van der Waals surface area contributed by atoms with E-state index in [-0.39, 0.29) is 17.8 Å². The lowest BCUT2D eigenvalue weighted by Gasteiger charge is -2.18. The number of carbonyl (C=O) groups excluding carboxylic acids is 1. The Morgan fingerprint density at radius 1 is 1.00 bits per heavy atom. The lowest BCUT2D eigenvalue weighted by Crippen LogP contribution is -2.33. The van der Waals surface area contributed by atoms with E-state index in [4.69, 9.17) is 4.98 Å². The largest absolute Gasteiger partial charge is 0.348 e. The van der Waals surface area contributed by atoms with E-state index in [2.05, 4.69) is 10.3 Å². The molecule has 0 bridgehead atoms. The van der Waals surface area contributed by atoms with Crippen LogP contribution in [0.15, 0.2) is 60.9 Å². The standard InChI is InChI=1S/C28H26FN3O/c1-17-15-24-27(18(2)26(17)19-11-13-30-14-12-19)22(21-9-5-6-10-23(21)29)16-25(32-24)28(33)31-20-7-3-4-8-20/h5-6,9-16,20H,3-4,7-8H2,1-2H3,(H,31,33). The third-order valence-electron chi connectivity index (χ3n) is 6.60. The number of benzene rings is 2. The van der Waals surface area contributed by atoms with Crippen LogP contribution in [0.3, 0.4) is 0 Å². The molecule has 4 aromatic rings. The second-order valence-corrected chi connectivity index (χ2v) is 8.81. The zero-order chi connectivity index (χ0) is 22.9. The summed E-state index contributed by atoms with van der Waals surface area (Å²) in [5.74, 6) is -0.521. The average Bonchev–Trinajstić information content (AvgIpc) is 3.32. The Morgan fingerprint density at radius 2 is 1.73 bits per heavy atom. The molecule has 2 heterocycles. The molecule has 1 fully saturated rings. The van der Waals surface area contributed by atoms with Gasteiger partial charge in [-0.25, -0.2) is 9.37 Å². The second kappa shape index (κ2) is 8.74. The van der Waals surface area contributed by atoms with E-state index < -0.39 is 0 Å². The van der Waals surface area contributed by atoms with Crippen molar-refractivity contribution in [3.05, 3.63) is 83.6 Å². The van der Waals surface area contributed by atoms with Crippen LogP contribution in [0.25, 0.3) is 33.2 Å². The quantitative estimate of drug-likeness (QED) is 0.401. The molecule has 0 unspecified atom stereocenters. The molecule has 0 radical (unpaired) electrons. The third kappa shape index (κ3) is 3.99. The molecule has 2 aromatic heterocycles. The van der Waals surface area contributed by atoms with Crippen LogP contribution in [-0.2, 0) is 0 Å². The summed E-state index contributed by atoms with van der Waals surface area (Å²) in [6.07, 6.45) is 7.79. The van der Waals surface area contributed by atoms with Crippen molar-refractivity contribution in [1.82, 2.24) is 15.3 Å². The number of nitrogens with one attached hydrogen (secondary N) is 1. The van der Waals surface area contributed by atoms with Crippen LogP contribution in [0.2, 0.25) is 0 Å². The summed E-state index contributed by atoms with van der Waals surface area (Å²) < 4.78 is 15.0. The molecular weight excluding hydrogens is 413 g/mol. The van der Waals surface area contributed by atoms with E-state index in [1.54, 1.807) is 30.6 Å². The molecule has 1 amide bonds. The van der Waals surface area contributed by atoms with E-state index in [9.17, 15) is 9.18 Å². The van der Waals surface area contributed by atoms with Crippen LogP contribution in [0, 0.1) is 19.7 Å². The highest BCUT2D eigenvalue weighted by molar-refractivity contribution is 6.05. The van der Waals surface area contributed by atoms with Gasteiger partial charge in [0, 0.05) is 29.4 Å². The first-order valence-electron chi connectivity index (χ1n) is 11.4. The van der Waals surface area contributed by atoms with Crippen molar-refractivity contribution >= 4 is 16.8 Å². The Morgan fingerprint density at radius 3 is 2.45 bits per heavy atom. The normalized spacial score (nSPS) is 14.0.